The molecule has 3 rings (SSSR count). The van der Waals surface area contributed by atoms with E-state index in [0.29, 0.717) is 0 Å². The predicted molar refractivity (Wildman–Crippen MR) is 99.9 cm³/mol. The van der Waals surface area contributed by atoms with Gasteiger partial charge in [0.05, 0.1) is 19.3 Å². The van der Waals surface area contributed by atoms with Crippen LogP contribution in [-0.2, 0) is 17.6 Å². The van der Waals surface area contributed by atoms with E-state index in [1.54, 1.807) is 0 Å². The summed E-state index contributed by atoms with van der Waals surface area (Å²) in [5.74, 6) is 0. The van der Waals surface area contributed by atoms with Crippen molar-refractivity contribution in [3.63, 3.8) is 0 Å². The zero-order valence-corrected chi connectivity index (χ0v) is 15.5. The van der Waals surface area contributed by atoms with Gasteiger partial charge in [-0.2, -0.15) is 0 Å². The molecule has 0 aromatic heterocycles. The summed E-state index contributed by atoms with van der Waals surface area (Å²) in [6.45, 7) is 8.43. The Labute approximate surface area is 151 Å². The predicted octanol–water partition coefficient (Wildman–Crippen LogP) is 2.65. The fourth-order valence-electron chi connectivity index (χ4n) is 3.78. The van der Waals surface area contributed by atoms with Crippen molar-refractivity contribution in [1.82, 2.24) is 15.5 Å². The molecule has 25 heavy (non-hydrogen) atoms. The second kappa shape index (κ2) is 8.68. The normalized spacial score (nSPS) is 20.4. The molecule has 1 aliphatic carbocycles. The molecule has 1 aromatic carbocycles. The third kappa shape index (κ3) is 5.19. The quantitative estimate of drug-likeness (QED) is 0.863. The third-order valence-corrected chi connectivity index (χ3v) is 5.23. The van der Waals surface area contributed by atoms with Gasteiger partial charge in [0.1, 0.15) is 0 Å². The highest BCUT2D eigenvalue weighted by Crippen LogP contribution is 2.24. The molecule has 1 aliphatic heterocycles. The van der Waals surface area contributed by atoms with E-state index in [0.717, 1.165) is 32.8 Å². The lowest BCUT2D eigenvalue weighted by atomic mass is 9.89. The van der Waals surface area contributed by atoms with Crippen molar-refractivity contribution in [2.45, 2.75) is 51.6 Å². The lowest BCUT2D eigenvalue weighted by molar-refractivity contribution is 0.0349. The van der Waals surface area contributed by atoms with Gasteiger partial charge in [0.2, 0.25) is 0 Å². The van der Waals surface area contributed by atoms with E-state index in [2.05, 4.69) is 47.6 Å². The van der Waals surface area contributed by atoms with Crippen LogP contribution in [0.1, 0.15) is 49.4 Å². The molecule has 1 heterocycles. The Hall–Kier alpha value is -1.59. The van der Waals surface area contributed by atoms with Gasteiger partial charge in [0, 0.05) is 25.7 Å². The van der Waals surface area contributed by atoms with Gasteiger partial charge in [-0.15, -0.1) is 0 Å². The Morgan fingerprint density at radius 1 is 1.12 bits per heavy atom. The van der Waals surface area contributed by atoms with Gasteiger partial charge in [-0.25, -0.2) is 4.79 Å². The fourth-order valence-corrected chi connectivity index (χ4v) is 3.78. The molecule has 0 radical (unpaired) electrons. The number of rotatable bonds is 5. The van der Waals surface area contributed by atoms with Crippen LogP contribution in [0.15, 0.2) is 18.2 Å². The zero-order valence-electron chi connectivity index (χ0n) is 15.5. The molecule has 0 saturated carbocycles. The van der Waals surface area contributed by atoms with E-state index < -0.39 is 0 Å². The first kappa shape index (κ1) is 18.2. The van der Waals surface area contributed by atoms with Crippen LogP contribution in [0.5, 0.6) is 0 Å². The second-order valence-electron chi connectivity index (χ2n) is 7.39. The van der Waals surface area contributed by atoms with E-state index in [1.165, 1.54) is 42.4 Å². The van der Waals surface area contributed by atoms with Gasteiger partial charge in [-0.1, -0.05) is 18.2 Å². The second-order valence-corrected chi connectivity index (χ2v) is 7.39. The largest absolute Gasteiger partial charge is 0.379 e. The summed E-state index contributed by atoms with van der Waals surface area (Å²) in [6.07, 6.45) is 4.93. The lowest BCUT2D eigenvalue weighted by Crippen LogP contribution is -2.48. The molecule has 5 nitrogen and oxygen atoms in total. The minimum absolute atomic E-state index is 0.0165. The number of carbonyl (C=O) groups is 1. The number of morpholine rings is 1. The van der Waals surface area contributed by atoms with Gasteiger partial charge >= 0.3 is 6.03 Å². The van der Waals surface area contributed by atoms with Crippen molar-refractivity contribution in [3.8, 4) is 0 Å². The summed E-state index contributed by atoms with van der Waals surface area (Å²) < 4.78 is 5.36. The van der Waals surface area contributed by atoms with Crippen molar-refractivity contribution in [3.05, 3.63) is 34.9 Å². The van der Waals surface area contributed by atoms with E-state index >= 15 is 0 Å². The number of ether oxygens (including phenoxy) is 1. The van der Waals surface area contributed by atoms with Gasteiger partial charge in [-0.3, -0.25) is 4.90 Å². The van der Waals surface area contributed by atoms with Gasteiger partial charge < -0.3 is 15.4 Å². The van der Waals surface area contributed by atoms with Crippen molar-refractivity contribution in [1.29, 1.82) is 0 Å². The standard InChI is InChI=1S/C20H31N3O2/c1-15(14-23-9-11-25-12-10-23)21-20(24)22-16(2)18-8-7-17-5-3-4-6-19(17)13-18/h7-8,13,15-16H,3-6,9-12,14H2,1-2H3,(H2,21,22,24). The minimum Gasteiger partial charge on any atom is -0.379 e. The molecule has 2 N–H and O–H groups in total. The number of amides is 2. The molecule has 138 valence electrons. The molecule has 2 amide bonds. The first-order valence-electron chi connectivity index (χ1n) is 9.60. The Balaban J connectivity index is 1.48. The first-order chi connectivity index (χ1) is 12.1. The smallest absolute Gasteiger partial charge is 0.315 e. The molecule has 0 bridgehead atoms. The van der Waals surface area contributed by atoms with Crippen molar-refractivity contribution in [2.24, 2.45) is 0 Å². The summed E-state index contributed by atoms with van der Waals surface area (Å²) in [5.41, 5.74) is 4.13. The molecule has 0 spiro atoms. The van der Waals surface area contributed by atoms with Crippen LogP contribution in [0.4, 0.5) is 4.79 Å². The van der Waals surface area contributed by atoms with Crippen LogP contribution in [0, 0.1) is 0 Å². The number of nitrogens with one attached hydrogen (secondary N) is 2. The zero-order chi connectivity index (χ0) is 17.6. The van der Waals surface area contributed by atoms with E-state index in [1.807, 2.05) is 0 Å². The van der Waals surface area contributed by atoms with Crippen LogP contribution in [-0.4, -0.2) is 49.8 Å². The lowest BCUT2D eigenvalue weighted by Gasteiger charge is -2.29. The highest BCUT2D eigenvalue weighted by Gasteiger charge is 2.17. The van der Waals surface area contributed by atoms with Crippen molar-refractivity contribution in [2.75, 3.05) is 32.8 Å². The van der Waals surface area contributed by atoms with Crippen LogP contribution in [0.3, 0.4) is 0 Å². The van der Waals surface area contributed by atoms with Crippen molar-refractivity contribution < 1.29 is 9.53 Å². The van der Waals surface area contributed by atoms with E-state index in [4.69, 9.17) is 4.74 Å². The summed E-state index contributed by atoms with van der Waals surface area (Å²) in [5, 5.41) is 6.14. The Bertz CT molecular complexity index is 584. The molecule has 1 saturated heterocycles. The number of aryl methyl sites for hydroxylation is 2. The number of carbonyl (C=O) groups excluding carboxylic acids is 1. The molecule has 1 fully saturated rings. The Morgan fingerprint density at radius 3 is 2.60 bits per heavy atom. The van der Waals surface area contributed by atoms with Gasteiger partial charge in [-0.05, 0) is 56.2 Å². The topological polar surface area (TPSA) is 53.6 Å². The molecule has 5 heteroatoms. The molecular formula is C20H31N3O2. The van der Waals surface area contributed by atoms with E-state index in [-0.39, 0.29) is 18.1 Å². The average molecular weight is 345 g/mol. The number of hydrogen-bond acceptors (Lipinski definition) is 3. The maximum atomic E-state index is 12.3. The van der Waals surface area contributed by atoms with Crippen LogP contribution < -0.4 is 10.6 Å². The molecule has 1 aromatic rings. The van der Waals surface area contributed by atoms with Crippen LogP contribution in [0.2, 0.25) is 0 Å². The Kier molecular flexibility index (Phi) is 6.32. The molecule has 2 aliphatic rings. The van der Waals surface area contributed by atoms with Gasteiger partial charge in [0.15, 0.2) is 0 Å². The fraction of sp³-hybridized carbons (Fsp3) is 0.650. The number of fused-ring (bicyclic) bond motifs is 1. The van der Waals surface area contributed by atoms with E-state index in [9.17, 15) is 4.79 Å². The highest BCUT2D eigenvalue weighted by atomic mass is 16.5. The van der Waals surface area contributed by atoms with Crippen LogP contribution in [0.25, 0.3) is 0 Å². The van der Waals surface area contributed by atoms with Crippen molar-refractivity contribution >= 4 is 6.03 Å². The maximum Gasteiger partial charge on any atom is 0.315 e. The summed E-state index contributed by atoms with van der Waals surface area (Å²) in [4.78, 5) is 14.6. The first-order valence-corrected chi connectivity index (χ1v) is 9.60. The number of benzene rings is 1. The number of hydrogen-bond donors (Lipinski definition) is 2. The summed E-state index contributed by atoms with van der Waals surface area (Å²) >= 11 is 0. The summed E-state index contributed by atoms with van der Waals surface area (Å²) in [7, 11) is 0. The van der Waals surface area contributed by atoms with Gasteiger partial charge in [0.25, 0.3) is 0 Å². The Morgan fingerprint density at radius 2 is 1.84 bits per heavy atom. The monoisotopic (exact) mass is 345 g/mol. The SMILES string of the molecule is CC(CN1CCOCC1)NC(=O)NC(C)c1ccc2c(c1)CCCC2. The number of urea groups is 1. The molecule has 2 unspecified atom stereocenters. The maximum absolute atomic E-state index is 12.3. The average Bonchev–Trinajstić information content (AvgIpc) is 2.61. The molecular weight excluding hydrogens is 314 g/mol. The highest BCUT2D eigenvalue weighted by molar-refractivity contribution is 5.74. The summed E-state index contributed by atoms with van der Waals surface area (Å²) in [6, 6.07) is 6.71. The van der Waals surface area contributed by atoms with Crippen LogP contribution >= 0.6 is 0 Å². The molecule has 2 atom stereocenters. The minimum atomic E-state index is -0.0917. The third-order valence-electron chi connectivity index (χ3n) is 5.23. The number of nitrogens with zero attached hydrogens (tertiary/aromatic N) is 1.